The fourth-order valence-corrected chi connectivity index (χ4v) is 2.66. The number of carbonyl (C=O) groups is 1. The average Bonchev–Trinajstić information content (AvgIpc) is 3.05. The Balaban J connectivity index is 1.62. The number of fused-ring (bicyclic) bond motifs is 1. The molecule has 0 aliphatic rings. The minimum Gasteiger partial charge on any atom is -0.396 e. The third-order valence-electron chi connectivity index (χ3n) is 4.06. The molecule has 0 unspecified atom stereocenters. The molecule has 3 N–H and O–H groups in total. The molecule has 1 atom stereocenters. The van der Waals surface area contributed by atoms with Gasteiger partial charge in [-0.25, -0.2) is 9.78 Å². The number of aromatic nitrogens is 2. The zero-order chi connectivity index (χ0) is 17.6. The number of benzene rings is 2. The molecule has 0 bridgehead atoms. The molecule has 0 aliphatic carbocycles. The molecule has 0 radical (unpaired) electrons. The highest BCUT2D eigenvalue weighted by atomic mass is 16.3. The van der Waals surface area contributed by atoms with E-state index in [0.29, 0.717) is 13.0 Å². The molecule has 25 heavy (non-hydrogen) atoms. The molecule has 0 fully saturated rings. The summed E-state index contributed by atoms with van der Waals surface area (Å²) in [7, 11) is 0. The van der Waals surface area contributed by atoms with Crippen molar-refractivity contribution in [2.75, 3.05) is 6.61 Å². The lowest BCUT2D eigenvalue weighted by atomic mass is 10.2. The van der Waals surface area contributed by atoms with Gasteiger partial charge in [-0.15, -0.1) is 0 Å². The number of hydrogen-bond donors (Lipinski definition) is 3. The molecule has 2 aromatic carbocycles. The number of aliphatic hydroxyl groups is 1. The van der Waals surface area contributed by atoms with Crippen molar-refractivity contribution in [1.29, 1.82) is 0 Å². The standard InChI is InChI=1S/C19H22N4O2/c1-14(10-11-24)22-19(25)20-12-15-6-8-16(9-7-15)23-13-21-17-4-2-3-5-18(17)23/h2-9,13-14,24H,10-12H2,1H3,(H2,20,22,25)/t14-/m1/s1. The van der Waals surface area contributed by atoms with Crippen LogP contribution in [0.5, 0.6) is 0 Å². The summed E-state index contributed by atoms with van der Waals surface area (Å²) in [6.07, 6.45) is 2.36. The zero-order valence-electron chi connectivity index (χ0n) is 14.1. The second kappa shape index (κ2) is 7.81. The summed E-state index contributed by atoms with van der Waals surface area (Å²) in [5.41, 5.74) is 4.06. The molecule has 6 nitrogen and oxygen atoms in total. The number of aliphatic hydroxyl groups excluding tert-OH is 1. The Morgan fingerprint density at radius 3 is 2.72 bits per heavy atom. The van der Waals surface area contributed by atoms with Crippen LogP contribution in [-0.4, -0.2) is 33.3 Å². The van der Waals surface area contributed by atoms with Gasteiger partial charge in [0, 0.05) is 24.9 Å². The largest absolute Gasteiger partial charge is 0.396 e. The van der Waals surface area contributed by atoms with E-state index in [0.717, 1.165) is 22.3 Å². The normalized spacial score (nSPS) is 12.1. The van der Waals surface area contributed by atoms with Crippen LogP contribution in [0.3, 0.4) is 0 Å². The maximum absolute atomic E-state index is 11.8. The number of amides is 2. The van der Waals surface area contributed by atoms with E-state index in [2.05, 4.69) is 15.6 Å². The Kier molecular flexibility index (Phi) is 5.30. The highest BCUT2D eigenvalue weighted by molar-refractivity contribution is 5.77. The summed E-state index contributed by atoms with van der Waals surface area (Å²) in [6.45, 7) is 2.37. The predicted molar refractivity (Wildman–Crippen MR) is 97.6 cm³/mol. The first-order valence-electron chi connectivity index (χ1n) is 8.34. The number of nitrogens with zero attached hydrogens (tertiary/aromatic N) is 2. The van der Waals surface area contributed by atoms with E-state index in [4.69, 9.17) is 5.11 Å². The molecule has 0 saturated carbocycles. The van der Waals surface area contributed by atoms with Crippen molar-refractivity contribution in [3.05, 3.63) is 60.4 Å². The fraction of sp³-hybridized carbons (Fsp3) is 0.263. The monoisotopic (exact) mass is 338 g/mol. The Morgan fingerprint density at radius 2 is 1.96 bits per heavy atom. The van der Waals surface area contributed by atoms with Crippen molar-refractivity contribution in [1.82, 2.24) is 20.2 Å². The van der Waals surface area contributed by atoms with Crippen molar-refractivity contribution in [2.24, 2.45) is 0 Å². The first-order chi connectivity index (χ1) is 12.2. The first-order valence-corrected chi connectivity index (χ1v) is 8.34. The van der Waals surface area contributed by atoms with Crippen LogP contribution in [0.2, 0.25) is 0 Å². The van der Waals surface area contributed by atoms with Gasteiger partial charge in [0.15, 0.2) is 0 Å². The minimum atomic E-state index is -0.231. The third-order valence-corrected chi connectivity index (χ3v) is 4.06. The van der Waals surface area contributed by atoms with Gasteiger partial charge in [-0.1, -0.05) is 24.3 Å². The van der Waals surface area contributed by atoms with E-state index in [1.807, 2.05) is 66.3 Å². The lowest BCUT2D eigenvalue weighted by molar-refractivity contribution is 0.230. The molecule has 3 aromatic rings. The van der Waals surface area contributed by atoms with Gasteiger partial charge >= 0.3 is 6.03 Å². The maximum Gasteiger partial charge on any atom is 0.315 e. The van der Waals surface area contributed by atoms with Gasteiger partial charge in [-0.2, -0.15) is 0 Å². The molecule has 2 amide bonds. The Labute approximate surface area is 146 Å². The van der Waals surface area contributed by atoms with Crippen LogP contribution in [0, 0.1) is 0 Å². The number of para-hydroxylation sites is 2. The molecular weight excluding hydrogens is 316 g/mol. The van der Waals surface area contributed by atoms with E-state index in [-0.39, 0.29) is 18.7 Å². The van der Waals surface area contributed by atoms with Crippen LogP contribution in [0.1, 0.15) is 18.9 Å². The quantitative estimate of drug-likeness (QED) is 0.646. The summed E-state index contributed by atoms with van der Waals surface area (Å²) in [5, 5.41) is 14.5. The van der Waals surface area contributed by atoms with Gasteiger partial charge in [-0.05, 0) is 43.2 Å². The van der Waals surface area contributed by atoms with Crippen LogP contribution in [0.15, 0.2) is 54.9 Å². The molecule has 6 heteroatoms. The molecular formula is C19H22N4O2. The lowest BCUT2D eigenvalue weighted by Gasteiger charge is -2.13. The molecule has 1 aromatic heterocycles. The lowest BCUT2D eigenvalue weighted by Crippen LogP contribution is -2.40. The predicted octanol–water partition coefficient (Wildman–Crippen LogP) is 2.60. The molecule has 0 saturated heterocycles. The smallest absolute Gasteiger partial charge is 0.315 e. The van der Waals surface area contributed by atoms with Gasteiger partial charge in [0.25, 0.3) is 0 Å². The van der Waals surface area contributed by atoms with Gasteiger partial charge < -0.3 is 15.7 Å². The topological polar surface area (TPSA) is 79.2 Å². The van der Waals surface area contributed by atoms with Crippen molar-refractivity contribution in [2.45, 2.75) is 25.9 Å². The molecule has 130 valence electrons. The van der Waals surface area contributed by atoms with E-state index in [9.17, 15) is 4.79 Å². The number of carbonyl (C=O) groups excluding carboxylic acids is 1. The molecule has 1 heterocycles. The number of imidazole rings is 1. The highest BCUT2D eigenvalue weighted by Gasteiger charge is 2.07. The highest BCUT2D eigenvalue weighted by Crippen LogP contribution is 2.18. The van der Waals surface area contributed by atoms with Crippen LogP contribution in [-0.2, 0) is 6.54 Å². The summed E-state index contributed by atoms with van der Waals surface area (Å²) >= 11 is 0. The van der Waals surface area contributed by atoms with Crippen LogP contribution in [0.4, 0.5) is 4.79 Å². The first kappa shape index (κ1) is 17.0. The fourth-order valence-electron chi connectivity index (χ4n) is 2.66. The Morgan fingerprint density at radius 1 is 1.20 bits per heavy atom. The van der Waals surface area contributed by atoms with E-state index < -0.39 is 0 Å². The summed E-state index contributed by atoms with van der Waals surface area (Å²) < 4.78 is 2.04. The number of urea groups is 1. The van der Waals surface area contributed by atoms with Crippen LogP contribution in [0.25, 0.3) is 16.7 Å². The Hall–Kier alpha value is -2.86. The van der Waals surface area contributed by atoms with E-state index in [1.54, 1.807) is 0 Å². The SMILES string of the molecule is C[C@H](CCO)NC(=O)NCc1ccc(-n2cnc3ccccc32)cc1. The molecule has 3 rings (SSSR count). The maximum atomic E-state index is 11.8. The van der Waals surface area contributed by atoms with Gasteiger partial charge in [-0.3, -0.25) is 4.57 Å². The van der Waals surface area contributed by atoms with Crippen LogP contribution >= 0.6 is 0 Å². The van der Waals surface area contributed by atoms with Crippen molar-refractivity contribution >= 4 is 17.1 Å². The molecule has 0 aliphatic heterocycles. The summed E-state index contributed by atoms with van der Waals surface area (Å²) in [5.74, 6) is 0. The van der Waals surface area contributed by atoms with Crippen molar-refractivity contribution < 1.29 is 9.90 Å². The number of nitrogens with one attached hydrogen (secondary N) is 2. The Bertz CT molecular complexity index is 842. The third kappa shape index (κ3) is 4.16. The molecule has 0 spiro atoms. The van der Waals surface area contributed by atoms with Gasteiger partial charge in [0.1, 0.15) is 6.33 Å². The number of rotatable bonds is 6. The summed E-state index contributed by atoms with van der Waals surface area (Å²) in [6, 6.07) is 15.7. The van der Waals surface area contributed by atoms with Gasteiger partial charge in [0.2, 0.25) is 0 Å². The minimum absolute atomic E-state index is 0.0538. The van der Waals surface area contributed by atoms with Crippen molar-refractivity contribution in [3.8, 4) is 5.69 Å². The zero-order valence-corrected chi connectivity index (χ0v) is 14.1. The number of hydrogen-bond acceptors (Lipinski definition) is 3. The second-order valence-electron chi connectivity index (χ2n) is 6.01. The van der Waals surface area contributed by atoms with Crippen LogP contribution < -0.4 is 10.6 Å². The van der Waals surface area contributed by atoms with Crippen molar-refractivity contribution in [3.63, 3.8) is 0 Å². The van der Waals surface area contributed by atoms with E-state index >= 15 is 0 Å². The summed E-state index contributed by atoms with van der Waals surface area (Å²) in [4.78, 5) is 16.2. The second-order valence-corrected chi connectivity index (χ2v) is 6.01. The van der Waals surface area contributed by atoms with Gasteiger partial charge in [0.05, 0.1) is 11.0 Å². The van der Waals surface area contributed by atoms with E-state index in [1.165, 1.54) is 0 Å². The average molecular weight is 338 g/mol.